The molecule has 4 atom stereocenters. The van der Waals surface area contributed by atoms with Gasteiger partial charge in [0.1, 0.15) is 0 Å². The third-order valence-electron chi connectivity index (χ3n) is 9.17. The van der Waals surface area contributed by atoms with Crippen LogP contribution in [0.25, 0.3) is 5.65 Å². The molecule has 42 heavy (non-hydrogen) atoms. The summed E-state index contributed by atoms with van der Waals surface area (Å²) in [6.45, 7) is 0. The van der Waals surface area contributed by atoms with Crippen molar-refractivity contribution in [3.63, 3.8) is 0 Å². The molecule has 230 valence electrons. The number of amides is 2. The van der Waals surface area contributed by atoms with Gasteiger partial charge in [-0.05, 0) is 61.5 Å². The molecule has 2 N–H and O–H groups in total. The van der Waals surface area contributed by atoms with Gasteiger partial charge < -0.3 is 10.6 Å². The number of nitrogens with zero attached hydrogens (tertiary/aromatic N) is 3. The molecule has 2 amide bonds. The SMILES string of the molecule is O=C(CC1CC(F)(F)C1)N[C@@H](c1cnn2cc([C@@H](NC(=O)C3C[C@H]3C(F)(F)F)C3CCC(F)(F)CC3)nc2c1)C1CC1. The van der Waals surface area contributed by atoms with E-state index in [-0.39, 0.29) is 62.3 Å². The summed E-state index contributed by atoms with van der Waals surface area (Å²) in [6, 6.07) is 0.458. The van der Waals surface area contributed by atoms with Gasteiger partial charge in [0, 0.05) is 32.1 Å². The normalized spacial score (nSPS) is 27.2. The lowest BCUT2D eigenvalue weighted by atomic mass is 9.79. The Morgan fingerprint density at radius 1 is 0.976 bits per heavy atom. The number of carbonyl (C=O) groups is 2. The van der Waals surface area contributed by atoms with Crippen LogP contribution in [0.2, 0.25) is 0 Å². The summed E-state index contributed by atoms with van der Waals surface area (Å²) in [6.07, 6.45) is -1.18. The van der Waals surface area contributed by atoms with Crippen molar-refractivity contribution >= 4 is 17.5 Å². The summed E-state index contributed by atoms with van der Waals surface area (Å²) in [5.74, 6) is -10.2. The van der Waals surface area contributed by atoms with Gasteiger partial charge in [-0.15, -0.1) is 0 Å². The monoisotopic (exact) mass is 603 g/mol. The molecule has 0 radical (unpaired) electrons. The quantitative estimate of drug-likeness (QED) is 0.349. The van der Waals surface area contributed by atoms with Gasteiger partial charge in [-0.2, -0.15) is 18.3 Å². The lowest BCUT2D eigenvalue weighted by Crippen LogP contribution is -2.39. The van der Waals surface area contributed by atoms with E-state index in [2.05, 4.69) is 20.7 Å². The summed E-state index contributed by atoms with van der Waals surface area (Å²) in [4.78, 5) is 30.0. The largest absolute Gasteiger partial charge is 0.392 e. The first-order chi connectivity index (χ1) is 19.7. The molecule has 0 bridgehead atoms. The summed E-state index contributed by atoms with van der Waals surface area (Å²) >= 11 is 0. The van der Waals surface area contributed by atoms with E-state index in [1.54, 1.807) is 12.3 Å². The van der Waals surface area contributed by atoms with Crippen LogP contribution in [0.15, 0.2) is 18.5 Å². The molecule has 4 aliphatic rings. The maximum Gasteiger partial charge on any atom is 0.392 e. The molecule has 4 fully saturated rings. The van der Waals surface area contributed by atoms with Gasteiger partial charge in [-0.3, -0.25) is 9.59 Å². The van der Waals surface area contributed by atoms with Crippen LogP contribution in [0.1, 0.15) is 87.5 Å². The van der Waals surface area contributed by atoms with E-state index in [1.807, 2.05) is 0 Å². The highest BCUT2D eigenvalue weighted by Gasteiger charge is 2.59. The van der Waals surface area contributed by atoms with Crippen LogP contribution in [0.5, 0.6) is 0 Å². The summed E-state index contributed by atoms with van der Waals surface area (Å²) in [7, 11) is 0. The van der Waals surface area contributed by atoms with Crippen molar-refractivity contribution in [2.45, 2.75) is 94.3 Å². The van der Waals surface area contributed by atoms with E-state index in [0.29, 0.717) is 16.9 Å². The van der Waals surface area contributed by atoms with E-state index < -0.39 is 60.6 Å². The first kappa shape index (κ1) is 29.2. The highest BCUT2D eigenvalue weighted by Crippen LogP contribution is 2.51. The summed E-state index contributed by atoms with van der Waals surface area (Å²) in [5, 5.41) is 10.0. The fourth-order valence-corrected chi connectivity index (χ4v) is 6.49. The number of nitrogens with one attached hydrogen (secondary N) is 2. The van der Waals surface area contributed by atoms with Crippen LogP contribution in [-0.4, -0.2) is 44.4 Å². The first-order valence-corrected chi connectivity index (χ1v) is 14.4. The maximum absolute atomic E-state index is 13.9. The number of fused-ring (bicyclic) bond motifs is 1. The van der Waals surface area contributed by atoms with Crippen LogP contribution in [0.3, 0.4) is 0 Å². The summed E-state index contributed by atoms with van der Waals surface area (Å²) < 4.78 is 94.9. The fourth-order valence-electron chi connectivity index (χ4n) is 6.49. The Morgan fingerprint density at radius 3 is 2.24 bits per heavy atom. The second kappa shape index (κ2) is 10.4. The number of hydrogen-bond donors (Lipinski definition) is 2. The minimum absolute atomic E-state index is 0.0139. The van der Waals surface area contributed by atoms with Crippen LogP contribution in [-0.2, 0) is 9.59 Å². The first-order valence-electron chi connectivity index (χ1n) is 14.4. The van der Waals surface area contributed by atoms with Crippen molar-refractivity contribution in [3.8, 4) is 0 Å². The summed E-state index contributed by atoms with van der Waals surface area (Å²) in [5.41, 5.74) is 1.34. The molecular weight excluding hydrogens is 571 g/mol. The molecule has 14 heteroatoms. The molecule has 2 heterocycles. The van der Waals surface area contributed by atoms with Gasteiger partial charge in [0.25, 0.3) is 0 Å². The molecule has 0 spiro atoms. The second-order valence-electron chi connectivity index (χ2n) is 12.6. The van der Waals surface area contributed by atoms with Crippen molar-refractivity contribution in [2.75, 3.05) is 0 Å². The van der Waals surface area contributed by atoms with Crippen molar-refractivity contribution in [1.29, 1.82) is 0 Å². The zero-order valence-corrected chi connectivity index (χ0v) is 22.6. The Morgan fingerprint density at radius 2 is 1.64 bits per heavy atom. The average molecular weight is 604 g/mol. The van der Waals surface area contributed by atoms with E-state index in [4.69, 9.17) is 0 Å². The molecule has 4 aliphatic carbocycles. The molecule has 7 nitrogen and oxygen atoms in total. The van der Waals surface area contributed by atoms with E-state index in [1.165, 1.54) is 10.7 Å². The fraction of sp³-hybridized carbons (Fsp3) is 0.714. The Balaban J connectivity index is 1.20. The van der Waals surface area contributed by atoms with Crippen LogP contribution >= 0.6 is 0 Å². The zero-order chi connectivity index (χ0) is 30.0. The Kier molecular flexibility index (Phi) is 7.19. The van der Waals surface area contributed by atoms with Gasteiger partial charge in [-0.1, -0.05) is 0 Å². The maximum atomic E-state index is 13.9. The van der Waals surface area contributed by atoms with Gasteiger partial charge in [0.2, 0.25) is 23.7 Å². The lowest BCUT2D eigenvalue weighted by molar-refractivity contribution is -0.155. The number of rotatable bonds is 9. The average Bonchev–Trinajstić information content (AvgIpc) is 3.80. The van der Waals surface area contributed by atoms with Crippen molar-refractivity contribution < 1.29 is 40.3 Å². The molecule has 4 saturated carbocycles. The number of halogens is 7. The third-order valence-corrected chi connectivity index (χ3v) is 9.17. The predicted molar refractivity (Wildman–Crippen MR) is 134 cm³/mol. The Labute approximate surface area is 237 Å². The van der Waals surface area contributed by atoms with Crippen LogP contribution in [0, 0.1) is 29.6 Å². The van der Waals surface area contributed by atoms with Crippen LogP contribution < -0.4 is 10.6 Å². The highest BCUT2D eigenvalue weighted by molar-refractivity contribution is 5.82. The van der Waals surface area contributed by atoms with Crippen molar-refractivity contribution in [2.24, 2.45) is 29.6 Å². The smallest absolute Gasteiger partial charge is 0.349 e. The van der Waals surface area contributed by atoms with E-state index in [9.17, 15) is 40.3 Å². The van der Waals surface area contributed by atoms with Gasteiger partial charge in [0.05, 0.1) is 42.0 Å². The Bertz CT molecular complexity index is 1340. The highest BCUT2D eigenvalue weighted by atomic mass is 19.4. The minimum Gasteiger partial charge on any atom is -0.349 e. The van der Waals surface area contributed by atoms with Crippen molar-refractivity contribution in [3.05, 3.63) is 29.7 Å². The molecule has 0 aromatic carbocycles. The lowest BCUT2D eigenvalue weighted by Gasteiger charge is -2.34. The third kappa shape index (κ3) is 6.36. The van der Waals surface area contributed by atoms with Crippen molar-refractivity contribution in [1.82, 2.24) is 25.2 Å². The number of hydrogen-bond acceptors (Lipinski definition) is 4. The van der Waals surface area contributed by atoms with E-state index in [0.717, 1.165) is 12.8 Å². The number of imidazole rings is 1. The molecule has 0 aliphatic heterocycles. The Hall–Kier alpha value is -2.93. The molecular formula is C28H32F7N5O2. The number of alkyl halides is 7. The molecule has 2 aromatic heterocycles. The standard InChI is InChI=1S/C28H32F7N5O2/c29-26(30)5-3-16(4-6-26)24(39-25(42)18-9-19(18)28(33,34)35)20-13-40-21(37-20)8-17(12-36-40)23(15-1-2-15)38-22(41)7-14-10-27(31,32)11-14/h8,12-16,18-19,23-24H,1-7,9-11H2,(H,38,41)(H,39,42)/t18?,19-,23-,24+/m1/s1. The molecule has 0 saturated heterocycles. The molecule has 6 rings (SSSR count). The molecule has 2 aromatic rings. The zero-order valence-electron chi connectivity index (χ0n) is 22.6. The number of aromatic nitrogens is 3. The van der Waals surface area contributed by atoms with Gasteiger partial charge in [-0.25, -0.2) is 27.1 Å². The molecule has 1 unspecified atom stereocenters. The predicted octanol–water partition coefficient (Wildman–Crippen LogP) is 5.91. The minimum atomic E-state index is -4.48. The van der Waals surface area contributed by atoms with Gasteiger partial charge >= 0.3 is 6.18 Å². The van der Waals surface area contributed by atoms with Gasteiger partial charge in [0.15, 0.2) is 5.65 Å². The number of carbonyl (C=O) groups excluding carboxylic acids is 2. The second-order valence-corrected chi connectivity index (χ2v) is 12.6. The van der Waals surface area contributed by atoms with E-state index >= 15 is 0 Å². The van der Waals surface area contributed by atoms with Crippen LogP contribution in [0.4, 0.5) is 30.7 Å². The topological polar surface area (TPSA) is 88.4 Å².